The van der Waals surface area contributed by atoms with Crippen LogP contribution in [-0.4, -0.2) is 0 Å². The summed E-state index contributed by atoms with van der Waals surface area (Å²) >= 11 is 0. The van der Waals surface area contributed by atoms with Crippen LogP contribution < -0.4 is 0 Å². The Hall–Kier alpha value is 0. The summed E-state index contributed by atoms with van der Waals surface area (Å²) in [7, 11) is 0. The van der Waals surface area contributed by atoms with Gasteiger partial charge in [-0.25, -0.2) is 0 Å². The summed E-state index contributed by atoms with van der Waals surface area (Å²) in [5.74, 6) is 2.05. The molecule has 0 aromatic carbocycles. The highest BCUT2D eigenvalue weighted by atomic mass is 14.2. The fourth-order valence-corrected chi connectivity index (χ4v) is 5.82. The van der Waals surface area contributed by atoms with E-state index in [-0.39, 0.29) is 0 Å². The van der Waals surface area contributed by atoms with Crippen LogP contribution in [0.4, 0.5) is 0 Å². The van der Waals surface area contributed by atoms with Gasteiger partial charge in [0.05, 0.1) is 0 Å². The zero-order chi connectivity index (χ0) is 25.0. The summed E-state index contributed by atoms with van der Waals surface area (Å²) in [4.78, 5) is 0. The number of unbranched alkanes of at least 4 members (excludes halogenated alkanes) is 18. The molecule has 1 atom stereocenters. The molecule has 0 amide bonds. The van der Waals surface area contributed by atoms with Gasteiger partial charge in [0.15, 0.2) is 0 Å². The molecule has 0 aliphatic heterocycles. The number of rotatable bonds is 29. The van der Waals surface area contributed by atoms with Gasteiger partial charge >= 0.3 is 0 Å². The van der Waals surface area contributed by atoms with E-state index in [1.54, 1.807) is 0 Å². The van der Waals surface area contributed by atoms with Crippen molar-refractivity contribution in [3.8, 4) is 0 Å². The lowest BCUT2D eigenvalue weighted by Gasteiger charge is -2.22. The molecule has 0 aliphatic carbocycles. The Morgan fingerprint density at radius 3 is 0.794 bits per heavy atom. The normalized spacial score (nSPS) is 12.6. The average Bonchev–Trinajstić information content (AvgIpc) is 2.85. The minimum absolute atomic E-state index is 1.02. The van der Waals surface area contributed by atoms with E-state index in [0.717, 1.165) is 11.8 Å². The Morgan fingerprint density at radius 1 is 0.235 bits per heavy atom. The molecule has 0 aromatic rings. The first-order valence-corrected chi connectivity index (χ1v) is 16.8. The van der Waals surface area contributed by atoms with E-state index in [2.05, 4.69) is 27.7 Å². The molecule has 0 bridgehead atoms. The van der Waals surface area contributed by atoms with Crippen molar-refractivity contribution in [1.82, 2.24) is 0 Å². The first kappa shape index (κ1) is 34.0. The van der Waals surface area contributed by atoms with Gasteiger partial charge in [-0.2, -0.15) is 0 Å². The molecule has 34 heavy (non-hydrogen) atoms. The highest BCUT2D eigenvalue weighted by Gasteiger charge is 2.14. The van der Waals surface area contributed by atoms with Gasteiger partial charge < -0.3 is 0 Å². The maximum atomic E-state index is 2.38. The average molecular weight is 479 g/mol. The predicted molar refractivity (Wildman–Crippen MR) is 159 cm³/mol. The zero-order valence-electron chi connectivity index (χ0n) is 25.0. The molecule has 0 heterocycles. The summed E-state index contributed by atoms with van der Waals surface area (Å²) < 4.78 is 0. The quantitative estimate of drug-likeness (QED) is 0.0937. The lowest BCUT2D eigenvalue weighted by molar-refractivity contribution is 0.311. The van der Waals surface area contributed by atoms with Crippen LogP contribution in [-0.2, 0) is 0 Å². The summed E-state index contributed by atoms with van der Waals surface area (Å²) in [6, 6.07) is 0. The monoisotopic (exact) mass is 479 g/mol. The van der Waals surface area contributed by atoms with Gasteiger partial charge in [-0.15, -0.1) is 0 Å². The summed E-state index contributed by atoms with van der Waals surface area (Å²) in [6.07, 6.45) is 41.2. The summed E-state index contributed by atoms with van der Waals surface area (Å²) in [6.45, 7) is 9.37. The van der Waals surface area contributed by atoms with Crippen molar-refractivity contribution in [2.75, 3.05) is 0 Å². The number of hydrogen-bond donors (Lipinski definition) is 0. The standard InChI is InChI=1S/C34H70/c1-5-9-13-16-18-20-22-25-29-34(30-26-23-21-19-17-14-10-6-2)32-31-33(27-12-8-4)28-24-15-11-7-3/h33-34H,5-32H2,1-4H3. The van der Waals surface area contributed by atoms with Crippen LogP contribution in [0, 0.1) is 11.8 Å². The van der Waals surface area contributed by atoms with E-state index < -0.39 is 0 Å². The van der Waals surface area contributed by atoms with Crippen LogP contribution in [0.5, 0.6) is 0 Å². The van der Waals surface area contributed by atoms with Crippen LogP contribution in [0.15, 0.2) is 0 Å². The maximum absolute atomic E-state index is 2.38. The molecule has 0 saturated carbocycles. The predicted octanol–water partition coefficient (Wildman–Crippen LogP) is 13.2. The second-order valence-electron chi connectivity index (χ2n) is 11.8. The van der Waals surface area contributed by atoms with E-state index in [0.29, 0.717) is 0 Å². The van der Waals surface area contributed by atoms with E-state index in [1.165, 1.54) is 180 Å². The van der Waals surface area contributed by atoms with Crippen LogP contribution in [0.1, 0.15) is 207 Å². The molecular weight excluding hydrogens is 408 g/mol. The van der Waals surface area contributed by atoms with Crippen LogP contribution in [0.2, 0.25) is 0 Å². The van der Waals surface area contributed by atoms with Gasteiger partial charge in [0.25, 0.3) is 0 Å². The molecule has 0 heteroatoms. The van der Waals surface area contributed by atoms with Crippen molar-refractivity contribution in [2.24, 2.45) is 11.8 Å². The second-order valence-corrected chi connectivity index (χ2v) is 11.8. The van der Waals surface area contributed by atoms with Crippen molar-refractivity contribution < 1.29 is 0 Å². The van der Waals surface area contributed by atoms with Gasteiger partial charge in [-0.1, -0.05) is 207 Å². The first-order valence-electron chi connectivity index (χ1n) is 16.8. The van der Waals surface area contributed by atoms with Gasteiger partial charge in [-0.3, -0.25) is 0 Å². The van der Waals surface area contributed by atoms with Gasteiger partial charge in [-0.05, 0) is 11.8 Å². The summed E-state index contributed by atoms with van der Waals surface area (Å²) in [5, 5.41) is 0. The maximum Gasteiger partial charge on any atom is -0.0414 e. The Labute approximate surface area is 219 Å². The highest BCUT2D eigenvalue weighted by Crippen LogP contribution is 2.29. The van der Waals surface area contributed by atoms with Crippen molar-refractivity contribution >= 4 is 0 Å². The van der Waals surface area contributed by atoms with Crippen LogP contribution in [0.3, 0.4) is 0 Å². The Morgan fingerprint density at radius 2 is 0.471 bits per heavy atom. The van der Waals surface area contributed by atoms with E-state index >= 15 is 0 Å². The zero-order valence-corrected chi connectivity index (χ0v) is 25.0. The second kappa shape index (κ2) is 29.2. The Balaban J connectivity index is 4.30. The van der Waals surface area contributed by atoms with Crippen molar-refractivity contribution in [2.45, 2.75) is 207 Å². The van der Waals surface area contributed by atoms with Gasteiger partial charge in [0.1, 0.15) is 0 Å². The third-order valence-electron chi connectivity index (χ3n) is 8.35. The van der Waals surface area contributed by atoms with Gasteiger partial charge in [0, 0.05) is 0 Å². The Bertz CT molecular complexity index is 326. The lowest BCUT2D eigenvalue weighted by Crippen LogP contribution is -2.07. The van der Waals surface area contributed by atoms with E-state index in [9.17, 15) is 0 Å². The van der Waals surface area contributed by atoms with E-state index in [1.807, 2.05) is 0 Å². The largest absolute Gasteiger partial charge is 0.0654 e. The molecule has 206 valence electrons. The van der Waals surface area contributed by atoms with Crippen molar-refractivity contribution in [3.05, 3.63) is 0 Å². The first-order chi connectivity index (χ1) is 16.8. The molecule has 0 saturated heterocycles. The molecule has 0 fully saturated rings. The van der Waals surface area contributed by atoms with Crippen molar-refractivity contribution in [3.63, 3.8) is 0 Å². The topological polar surface area (TPSA) is 0 Å². The van der Waals surface area contributed by atoms with E-state index in [4.69, 9.17) is 0 Å². The molecule has 1 unspecified atom stereocenters. The van der Waals surface area contributed by atoms with Crippen molar-refractivity contribution in [1.29, 1.82) is 0 Å². The molecule has 0 radical (unpaired) electrons. The van der Waals surface area contributed by atoms with Gasteiger partial charge in [0.2, 0.25) is 0 Å². The molecular formula is C34H70. The van der Waals surface area contributed by atoms with Crippen LogP contribution >= 0.6 is 0 Å². The summed E-state index contributed by atoms with van der Waals surface area (Å²) in [5.41, 5.74) is 0. The molecule has 0 nitrogen and oxygen atoms in total. The molecule has 0 rings (SSSR count). The Kier molecular flexibility index (Phi) is 29.2. The minimum Gasteiger partial charge on any atom is -0.0654 e. The third kappa shape index (κ3) is 25.1. The fourth-order valence-electron chi connectivity index (χ4n) is 5.82. The molecule has 0 aromatic heterocycles. The highest BCUT2D eigenvalue weighted by molar-refractivity contribution is 4.67. The van der Waals surface area contributed by atoms with Crippen LogP contribution in [0.25, 0.3) is 0 Å². The lowest BCUT2D eigenvalue weighted by atomic mass is 9.84. The molecule has 0 aliphatic rings. The fraction of sp³-hybridized carbons (Fsp3) is 1.00. The minimum atomic E-state index is 1.02. The number of hydrogen-bond acceptors (Lipinski definition) is 0. The molecule has 0 N–H and O–H groups in total. The third-order valence-corrected chi connectivity index (χ3v) is 8.35. The SMILES string of the molecule is CCCCCCCCCCC(CCCCCCCCCC)CCC(CCCC)CCCCCC. The smallest absolute Gasteiger partial charge is 0.0414 e. The molecule has 0 spiro atoms.